The van der Waals surface area contributed by atoms with Crippen LogP contribution >= 0.6 is 0 Å². The van der Waals surface area contributed by atoms with Gasteiger partial charge in [0.05, 0.1) is 12.8 Å². The van der Waals surface area contributed by atoms with Crippen molar-refractivity contribution in [3.05, 3.63) is 23.5 Å². The number of rotatable bonds is 6. The van der Waals surface area contributed by atoms with Crippen molar-refractivity contribution in [1.82, 2.24) is 15.2 Å². The van der Waals surface area contributed by atoms with E-state index in [1.54, 1.807) is 7.11 Å². The molecular weight excluding hydrogens is 250 g/mol. The Hall–Kier alpha value is -1.13. The number of piperidine rings is 1. The topological polar surface area (TPSA) is 37.4 Å². The average Bonchev–Trinajstić information content (AvgIpc) is 2.45. The predicted octanol–water partition coefficient (Wildman–Crippen LogP) is 2.36. The molecule has 1 aliphatic rings. The molecule has 1 unspecified atom stereocenters. The van der Waals surface area contributed by atoms with Gasteiger partial charge in [0.1, 0.15) is 5.75 Å². The zero-order chi connectivity index (χ0) is 14.4. The van der Waals surface area contributed by atoms with E-state index in [4.69, 9.17) is 4.74 Å². The van der Waals surface area contributed by atoms with Crippen molar-refractivity contribution in [3.63, 3.8) is 0 Å². The van der Waals surface area contributed by atoms with Gasteiger partial charge in [-0.15, -0.1) is 0 Å². The summed E-state index contributed by atoms with van der Waals surface area (Å²) in [4.78, 5) is 7.11. The SMILES string of the molecule is COc1cc(C)nc(CNC(C)CN2CCCCC2)c1. The first-order chi connectivity index (χ1) is 9.67. The molecule has 2 rings (SSSR count). The fourth-order valence-corrected chi connectivity index (χ4v) is 2.78. The van der Waals surface area contributed by atoms with Gasteiger partial charge in [-0.25, -0.2) is 0 Å². The molecule has 1 aliphatic heterocycles. The summed E-state index contributed by atoms with van der Waals surface area (Å²) in [5, 5.41) is 3.57. The molecule has 0 radical (unpaired) electrons. The number of hydrogen-bond donors (Lipinski definition) is 1. The van der Waals surface area contributed by atoms with Crippen LogP contribution in [-0.2, 0) is 6.54 Å². The van der Waals surface area contributed by atoms with E-state index in [1.807, 2.05) is 19.1 Å². The van der Waals surface area contributed by atoms with Crippen molar-refractivity contribution in [3.8, 4) is 5.75 Å². The van der Waals surface area contributed by atoms with Gasteiger partial charge in [-0.2, -0.15) is 0 Å². The van der Waals surface area contributed by atoms with E-state index in [2.05, 4.69) is 22.1 Å². The molecule has 1 fully saturated rings. The molecule has 1 aromatic rings. The summed E-state index contributed by atoms with van der Waals surface area (Å²) >= 11 is 0. The largest absolute Gasteiger partial charge is 0.497 e. The van der Waals surface area contributed by atoms with Crippen LogP contribution in [0.2, 0.25) is 0 Å². The second-order valence-corrected chi connectivity index (χ2v) is 5.78. The molecule has 2 heterocycles. The number of nitrogens with one attached hydrogen (secondary N) is 1. The molecular formula is C16H27N3O. The maximum atomic E-state index is 5.29. The van der Waals surface area contributed by atoms with Crippen molar-refractivity contribution in [1.29, 1.82) is 0 Å². The number of likely N-dealkylation sites (tertiary alicyclic amines) is 1. The first-order valence-corrected chi connectivity index (χ1v) is 7.64. The van der Waals surface area contributed by atoms with Crippen LogP contribution in [0.4, 0.5) is 0 Å². The summed E-state index contributed by atoms with van der Waals surface area (Å²) in [6.07, 6.45) is 4.10. The molecule has 0 saturated carbocycles. The van der Waals surface area contributed by atoms with Crippen LogP contribution in [0.1, 0.15) is 37.6 Å². The van der Waals surface area contributed by atoms with Crippen molar-refractivity contribution >= 4 is 0 Å². The van der Waals surface area contributed by atoms with Crippen LogP contribution in [0.25, 0.3) is 0 Å². The molecule has 20 heavy (non-hydrogen) atoms. The Morgan fingerprint density at radius 2 is 2.05 bits per heavy atom. The normalized spacial score (nSPS) is 17.9. The Balaban J connectivity index is 1.80. The first-order valence-electron chi connectivity index (χ1n) is 7.64. The third kappa shape index (κ3) is 4.76. The zero-order valence-electron chi connectivity index (χ0n) is 13.0. The Kier molecular flexibility index (Phi) is 5.80. The Bertz CT molecular complexity index is 416. The molecule has 1 N–H and O–H groups in total. The van der Waals surface area contributed by atoms with Crippen LogP contribution in [0.15, 0.2) is 12.1 Å². The van der Waals surface area contributed by atoms with Crippen molar-refractivity contribution in [2.24, 2.45) is 0 Å². The molecule has 1 saturated heterocycles. The van der Waals surface area contributed by atoms with E-state index < -0.39 is 0 Å². The minimum Gasteiger partial charge on any atom is -0.497 e. The highest BCUT2D eigenvalue weighted by Crippen LogP contribution is 2.13. The van der Waals surface area contributed by atoms with Gasteiger partial charge in [0, 0.05) is 37.0 Å². The van der Waals surface area contributed by atoms with E-state index in [9.17, 15) is 0 Å². The van der Waals surface area contributed by atoms with Gasteiger partial charge in [0.15, 0.2) is 0 Å². The highest BCUT2D eigenvalue weighted by Gasteiger charge is 2.13. The molecule has 1 atom stereocenters. The molecule has 0 amide bonds. The van der Waals surface area contributed by atoms with Gasteiger partial charge >= 0.3 is 0 Å². The fourth-order valence-electron chi connectivity index (χ4n) is 2.78. The summed E-state index contributed by atoms with van der Waals surface area (Å²) in [6.45, 7) is 8.69. The maximum absolute atomic E-state index is 5.29. The van der Waals surface area contributed by atoms with E-state index in [0.717, 1.165) is 30.2 Å². The van der Waals surface area contributed by atoms with Gasteiger partial charge in [-0.05, 0) is 39.8 Å². The van der Waals surface area contributed by atoms with Gasteiger partial charge in [-0.3, -0.25) is 4.98 Å². The first kappa shape index (κ1) is 15.3. The minimum atomic E-state index is 0.487. The lowest BCUT2D eigenvalue weighted by Gasteiger charge is -2.29. The summed E-state index contributed by atoms with van der Waals surface area (Å²) < 4.78 is 5.29. The van der Waals surface area contributed by atoms with Gasteiger partial charge in [-0.1, -0.05) is 6.42 Å². The van der Waals surface area contributed by atoms with E-state index in [0.29, 0.717) is 6.04 Å². The highest BCUT2D eigenvalue weighted by atomic mass is 16.5. The van der Waals surface area contributed by atoms with Crippen molar-refractivity contribution in [2.45, 2.75) is 45.7 Å². The lowest BCUT2D eigenvalue weighted by atomic mass is 10.1. The molecule has 0 aliphatic carbocycles. The molecule has 1 aromatic heterocycles. The van der Waals surface area contributed by atoms with Crippen LogP contribution < -0.4 is 10.1 Å². The number of methoxy groups -OCH3 is 1. The number of pyridine rings is 1. The zero-order valence-corrected chi connectivity index (χ0v) is 13.0. The van der Waals surface area contributed by atoms with Crippen molar-refractivity contribution < 1.29 is 4.74 Å². The average molecular weight is 277 g/mol. The minimum absolute atomic E-state index is 0.487. The van der Waals surface area contributed by atoms with Crippen molar-refractivity contribution in [2.75, 3.05) is 26.7 Å². The number of nitrogens with zero attached hydrogens (tertiary/aromatic N) is 2. The Morgan fingerprint density at radius 3 is 2.75 bits per heavy atom. The van der Waals surface area contributed by atoms with E-state index in [-0.39, 0.29) is 0 Å². The predicted molar refractivity (Wildman–Crippen MR) is 82.1 cm³/mol. The molecule has 112 valence electrons. The quantitative estimate of drug-likeness (QED) is 0.866. The molecule has 0 spiro atoms. The highest BCUT2D eigenvalue weighted by molar-refractivity contribution is 5.26. The Labute approximate surface area is 122 Å². The second kappa shape index (κ2) is 7.60. The van der Waals surface area contributed by atoms with E-state index >= 15 is 0 Å². The monoisotopic (exact) mass is 277 g/mol. The summed E-state index contributed by atoms with van der Waals surface area (Å²) in [5.41, 5.74) is 2.05. The van der Waals surface area contributed by atoms with Crippen LogP contribution in [-0.4, -0.2) is 42.7 Å². The number of aryl methyl sites for hydroxylation is 1. The Morgan fingerprint density at radius 1 is 1.30 bits per heavy atom. The van der Waals surface area contributed by atoms with Crippen LogP contribution in [0.5, 0.6) is 5.75 Å². The number of aromatic nitrogens is 1. The molecule has 0 bridgehead atoms. The molecule has 4 heteroatoms. The number of hydrogen-bond acceptors (Lipinski definition) is 4. The molecule has 4 nitrogen and oxygen atoms in total. The standard InChI is InChI=1S/C16H27N3O/c1-13-9-16(20-3)10-15(18-13)11-17-14(2)12-19-7-5-4-6-8-19/h9-10,14,17H,4-8,11-12H2,1-3H3. The van der Waals surface area contributed by atoms with Gasteiger partial charge < -0.3 is 15.0 Å². The summed E-state index contributed by atoms with van der Waals surface area (Å²) in [6, 6.07) is 4.45. The maximum Gasteiger partial charge on any atom is 0.122 e. The van der Waals surface area contributed by atoms with Gasteiger partial charge in [0.2, 0.25) is 0 Å². The van der Waals surface area contributed by atoms with E-state index in [1.165, 1.54) is 32.4 Å². The third-order valence-corrected chi connectivity index (χ3v) is 3.83. The molecule has 0 aromatic carbocycles. The van der Waals surface area contributed by atoms with Crippen LogP contribution in [0.3, 0.4) is 0 Å². The second-order valence-electron chi connectivity index (χ2n) is 5.78. The summed E-state index contributed by atoms with van der Waals surface area (Å²) in [5.74, 6) is 0.887. The lowest BCUT2D eigenvalue weighted by Crippen LogP contribution is -2.41. The third-order valence-electron chi connectivity index (χ3n) is 3.83. The summed E-state index contributed by atoms with van der Waals surface area (Å²) in [7, 11) is 1.70. The fraction of sp³-hybridized carbons (Fsp3) is 0.688. The van der Waals surface area contributed by atoms with Crippen LogP contribution in [0, 0.1) is 6.92 Å². The lowest BCUT2D eigenvalue weighted by molar-refractivity contribution is 0.208. The smallest absolute Gasteiger partial charge is 0.122 e. The number of ether oxygens (including phenoxy) is 1. The van der Waals surface area contributed by atoms with Gasteiger partial charge in [0.25, 0.3) is 0 Å².